The summed E-state index contributed by atoms with van der Waals surface area (Å²) in [6.45, 7) is 2.25. The third-order valence-corrected chi connectivity index (χ3v) is 7.65. The van der Waals surface area contributed by atoms with E-state index in [0.717, 1.165) is 0 Å². The summed E-state index contributed by atoms with van der Waals surface area (Å²) in [6, 6.07) is 0. The molecule has 3 aliphatic carbocycles. The van der Waals surface area contributed by atoms with Crippen molar-refractivity contribution in [2.45, 2.75) is 56.9 Å². The molecular formula is C23H29F2N7O2. The average Bonchev–Trinajstić information content (AvgIpc) is 3.39. The Hall–Kier alpha value is -3.11. The SMILES string of the molecule is Cc1c(-c2cnn(C)c2)nnc(N2CCCC(F)(F)CC2)c1C(=O)NC12CC(C1)[C@@H](C(N)=O)C2. The van der Waals surface area contributed by atoms with Gasteiger partial charge in [0.05, 0.1) is 17.5 Å². The summed E-state index contributed by atoms with van der Waals surface area (Å²) >= 11 is 0. The maximum absolute atomic E-state index is 14.0. The smallest absolute Gasteiger partial charge is 0.255 e. The monoisotopic (exact) mass is 473 g/mol. The van der Waals surface area contributed by atoms with Crippen LogP contribution in [0.3, 0.4) is 0 Å². The van der Waals surface area contributed by atoms with Crippen LogP contribution in [0.25, 0.3) is 11.3 Å². The Bertz CT molecular complexity index is 1140. The summed E-state index contributed by atoms with van der Waals surface area (Å²) < 4.78 is 29.7. The maximum atomic E-state index is 14.0. The lowest BCUT2D eigenvalue weighted by Crippen LogP contribution is -2.52. The number of hydrogen-bond acceptors (Lipinski definition) is 6. The van der Waals surface area contributed by atoms with Gasteiger partial charge < -0.3 is 16.0 Å². The van der Waals surface area contributed by atoms with Crippen LogP contribution in [0.1, 0.15) is 54.4 Å². The molecule has 3 N–H and O–H groups in total. The predicted octanol–water partition coefficient (Wildman–Crippen LogP) is 2.19. The van der Waals surface area contributed by atoms with Gasteiger partial charge in [-0.3, -0.25) is 14.3 Å². The maximum Gasteiger partial charge on any atom is 0.255 e. The van der Waals surface area contributed by atoms with Gasteiger partial charge in [0.1, 0.15) is 0 Å². The van der Waals surface area contributed by atoms with E-state index >= 15 is 0 Å². The van der Waals surface area contributed by atoms with Gasteiger partial charge in [-0.1, -0.05) is 0 Å². The minimum absolute atomic E-state index is 0.0879. The second-order valence-corrected chi connectivity index (χ2v) is 10.1. The summed E-state index contributed by atoms with van der Waals surface area (Å²) in [5.41, 5.74) is 7.26. The summed E-state index contributed by atoms with van der Waals surface area (Å²) in [4.78, 5) is 27.2. The van der Waals surface area contributed by atoms with Gasteiger partial charge in [0.25, 0.3) is 5.91 Å². The minimum atomic E-state index is -2.73. The zero-order valence-corrected chi connectivity index (χ0v) is 19.4. The highest BCUT2D eigenvalue weighted by molar-refractivity contribution is 6.02. The quantitative estimate of drug-likeness (QED) is 0.687. The fourth-order valence-electron chi connectivity index (χ4n) is 5.87. The molecular weight excluding hydrogens is 444 g/mol. The molecule has 4 aliphatic rings. The molecule has 3 heterocycles. The Labute approximate surface area is 196 Å². The van der Waals surface area contributed by atoms with E-state index in [0.29, 0.717) is 60.4 Å². The largest absolute Gasteiger partial charge is 0.369 e. The fraction of sp³-hybridized carbons (Fsp3) is 0.609. The number of primary amides is 1. The van der Waals surface area contributed by atoms with Gasteiger partial charge in [0.15, 0.2) is 5.82 Å². The first-order chi connectivity index (χ1) is 16.1. The number of nitrogens with two attached hydrogens (primary N) is 1. The number of anilines is 1. The molecule has 3 saturated carbocycles. The number of nitrogens with one attached hydrogen (secondary N) is 1. The number of nitrogens with zero attached hydrogens (tertiary/aromatic N) is 5. The van der Waals surface area contributed by atoms with E-state index in [1.807, 2.05) is 0 Å². The number of carbonyl (C=O) groups is 2. The topological polar surface area (TPSA) is 119 Å². The molecule has 6 rings (SSSR count). The first-order valence-corrected chi connectivity index (χ1v) is 11.7. The first kappa shape index (κ1) is 22.7. The summed E-state index contributed by atoms with van der Waals surface area (Å²) in [6.07, 6.45) is 5.19. The Morgan fingerprint density at radius 1 is 1.18 bits per heavy atom. The number of aryl methyl sites for hydroxylation is 1. The van der Waals surface area contributed by atoms with Crippen molar-refractivity contribution in [3.8, 4) is 11.3 Å². The predicted molar refractivity (Wildman–Crippen MR) is 120 cm³/mol. The third kappa shape index (κ3) is 3.90. The van der Waals surface area contributed by atoms with E-state index in [4.69, 9.17) is 5.73 Å². The van der Waals surface area contributed by atoms with E-state index in [-0.39, 0.29) is 43.0 Å². The van der Waals surface area contributed by atoms with Crippen molar-refractivity contribution in [3.05, 3.63) is 23.5 Å². The van der Waals surface area contributed by atoms with Crippen LogP contribution >= 0.6 is 0 Å². The fourth-order valence-corrected chi connectivity index (χ4v) is 5.87. The molecule has 2 bridgehead atoms. The molecule has 0 radical (unpaired) electrons. The summed E-state index contributed by atoms with van der Waals surface area (Å²) in [5.74, 6) is -3.10. The molecule has 1 aliphatic heterocycles. The van der Waals surface area contributed by atoms with Crippen LogP contribution in [-0.2, 0) is 11.8 Å². The van der Waals surface area contributed by atoms with Crippen LogP contribution in [0.15, 0.2) is 12.4 Å². The lowest BCUT2D eigenvalue weighted by atomic mass is 9.76. The molecule has 2 amide bonds. The second-order valence-electron chi connectivity index (χ2n) is 10.1. The van der Waals surface area contributed by atoms with E-state index in [9.17, 15) is 18.4 Å². The van der Waals surface area contributed by atoms with E-state index in [2.05, 4.69) is 20.6 Å². The molecule has 1 saturated heterocycles. The number of aromatic nitrogens is 4. The highest BCUT2D eigenvalue weighted by Crippen LogP contribution is 2.55. The third-order valence-electron chi connectivity index (χ3n) is 7.65. The molecule has 11 heteroatoms. The van der Waals surface area contributed by atoms with Gasteiger partial charge >= 0.3 is 0 Å². The number of alkyl halides is 2. The number of fused-ring (bicyclic) bond motifs is 1. The van der Waals surface area contributed by atoms with Crippen LogP contribution in [-0.4, -0.2) is 56.3 Å². The Balaban J connectivity index is 1.50. The van der Waals surface area contributed by atoms with E-state index in [1.165, 1.54) is 0 Å². The van der Waals surface area contributed by atoms with Crippen molar-refractivity contribution in [2.75, 3.05) is 18.0 Å². The number of rotatable bonds is 5. The number of carbonyl (C=O) groups excluding carboxylic acids is 2. The Kier molecular flexibility index (Phi) is 5.33. The molecule has 2 aromatic rings. The van der Waals surface area contributed by atoms with Crippen LogP contribution < -0.4 is 16.0 Å². The van der Waals surface area contributed by atoms with Crippen LogP contribution in [0, 0.1) is 18.8 Å². The van der Waals surface area contributed by atoms with Crippen LogP contribution in [0.2, 0.25) is 0 Å². The lowest BCUT2D eigenvalue weighted by molar-refractivity contribution is -0.122. The summed E-state index contributed by atoms with van der Waals surface area (Å²) in [7, 11) is 1.78. The zero-order valence-electron chi connectivity index (χ0n) is 19.4. The number of halogens is 2. The van der Waals surface area contributed by atoms with Crippen molar-refractivity contribution in [2.24, 2.45) is 24.6 Å². The average molecular weight is 474 g/mol. The molecule has 34 heavy (non-hydrogen) atoms. The molecule has 182 valence electrons. The van der Waals surface area contributed by atoms with Gasteiger partial charge in [0, 0.05) is 56.2 Å². The van der Waals surface area contributed by atoms with Gasteiger partial charge in [-0.25, -0.2) is 8.78 Å². The number of amides is 2. The van der Waals surface area contributed by atoms with Gasteiger partial charge in [0.2, 0.25) is 11.8 Å². The van der Waals surface area contributed by atoms with E-state index in [1.54, 1.807) is 35.9 Å². The second kappa shape index (κ2) is 7.99. The van der Waals surface area contributed by atoms with Gasteiger partial charge in [-0.2, -0.15) is 5.10 Å². The Morgan fingerprint density at radius 2 is 1.94 bits per heavy atom. The zero-order chi connectivity index (χ0) is 24.3. The van der Waals surface area contributed by atoms with Crippen LogP contribution in [0.5, 0.6) is 0 Å². The standard InChI is InChI=1S/C23H29F2N7O2/c1-13-17(21(34)28-22-8-14(9-22)16(10-22)19(26)33)20(32-6-3-4-23(24,25)5-7-32)30-29-18(13)15-11-27-31(2)12-15/h11-12,14,16H,3-10H2,1-2H3,(H2,26,33)(H,28,34)/t14?,16-,22?/m0/s1. The van der Waals surface area contributed by atoms with Crippen molar-refractivity contribution in [1.82, 2.24) is 25.3 Å². The molecule has 0 aromatic carbocycles. The highest BCUT2D eigenvalue weighted by atomic mass is 19.3. The van der Waals surface area contributed by atoms with Crippen molar-refractivity contribution >= 4 is 17.6 Å². The molecule has 4 fully saturated rings. The highest BCUT2D eigenvalue weighted by Gasteiger charge is 2.58. The van der Waals surface area contributed by atoms with Gasteiger partial charge in [-0.05, 0) is 44.1 Å². The Morgan fingerprint density at radius 3 is 2.59 bits per heavy atom. The molecule has 9 nitrogen and oxygen atoms in total. The van der Waals surface area contributed by atoms with Crippen molar-refractivity contribution in [3.63, 3.8) is 0 Å². The summed E-state index contributed by atoms with van der Waals surface area (Å²) in [5, 5.41) is 16.1. The van der Waals surface area contributed by atoms with Crippen molar-refractivity contribution < 1.29 is 18.4 Å². The minimum Gasteiger partial charge on any atom is -0.369 e. The molecule has 0 unspecified atom stereocenters. The lowest BCUT2D eigenvalue weighted by Gasteiger charge is -2.39. The van der Waals surface area contributed by atoms with Gasteiger partial charge in [-0.15, -0.1) is 10.2 Å². The molecule has 1 atom stereocenters. The molecule has 2 aromatic heterocycles. The normalized spacial score (nSPS) is 27.7. The van der Waals surface area contributed by atoms with Crippen LogP contribution in [0.4, 0.5) is 14.6 Å². The number of hydrogen-bond donors (Lipinski definition) is 2. The van der Waals surface area contributed by atoms with E-state index < -0.39 is 11.5 Å². The van der Waals surface area contributed by atoms with Crippen molar-refractivity contribution in [1.29, 1.82) is 0 Å². The molecule has 0 spiro atoms. The first-order valence-electron chi connectivity index (χ1n) is 11.7.